The predicted molar refractivity (Wildman–Crippen MR) is 271 cm³/mol. The number of hydrogen-bond donors (Lipinski definition) is 0. The molecule has 3 heterocycles. The molecule has 65 heavy (non-hydrogen) atoms. The molecule has 13 aromatic rings. The van der Waals surface area contributed by atoms with E-state index in [1.165, 1.54) is 27.1 Å². The zero-order chi connectivity index (χ0) is 42.8. The SMILES string of the molecule is c1ccc(-c2ccc3ccc4ccc(-c5c6ccccc6c(-c6ccc(-c7nn(-c8ccccc8)c8c7c(-c7ccccc7)cc7ccccc78)cc6)c6ccccc56)nc4c3n2)cc1. The largest absolute Gasteiger partial charge is 0.245 e. The number of rotatable bonds is 6. The quantitative estimate of drug-likeness (QED) is 0.124. The monoisotopic (exact) mass is 826 g/mol. The van der Waals surface area contributed by atoms with Crippen molar-refractivity contribution in [3.63, 3.8) is 0 Å². The molecule has 0 bridgehead atoms. The molecule has 0 aliphatic rings. The van der Waals surface area contributed by atoms with Gasteiger partial charge in [0.2, 0.25) is 0 Å². The molecule has 0 amide bonds. The Morgan fingerprint density at radius 1 is 0.323 bits per heavy atom. The summed E-state index contributed by atoms with van der Waals surface area (Å²) in [4.78, 5) is 10.7. The predicted octanol–water partition coefficient (Wildman–Crippen LogP) is 15.9. The molecule has 0 N–H and O–H groups in total. The Labute approximate surface area is 375 Å². The Hall–Kier alpha value is -8.73. The standard InChI is InChI=1S/C61H38N4/c1-4-16-39(17-5-1)52-38-45-20-10-11-23-47(45)61-57(52)58(64-65(61)46-21-8-3-9-22-46)42-30-28-41(29-31-42)55-48-24-12-14-26-50(48)56(51-27-15-13-25-49(51)55)54-37-35-44-33-32-43-34-36-53(40-18-6-2-7-19-40)62-59(43)60(44)63-54/h1-38H. The number of nitrogens with zero attached hydrogens (tertiary/aromatic N) is 4. The van der Waals surface area contributed by atoms with Gasteiger partial charge in [-0.25, -0.2) is 14.6 Å². The first kappa shape index (κ1) is 36.9. The minimum absolute atomic E-state index is 0.899. The van der Waals surface area contributed by atoms with Crippen molar-refractivity contribution in [2.75, 3.05) is 0 Å². The molecule has 10 aromatic carbocycles. The summed E-state index contributed by atoms with van der Waals surface area (Å²) < 4.78 is 2.13. The van der Waals surface area contributed by atoms with E-state index in [0.717, 1.165) is 99.6 Å². The first-order valence-electron chi connectivity index (χ1n) is 22.1. The highest BCUT2D eigenvalue weighted by Crippen LogP contribution is 2.46. The Bertz CT molecular complexity index is 3910. The highest BCUT2D eigenvalue weighted by molar-refractivity contribution is 6.22. The van der Waals surface area contributed by atoms with Crippen LogP contribution >= 0.6 is 0 Å². The smallest absolute Gasteiger partial charge is 0.101 e. The number of hydrogen-bond acceptors (Lipinski definition) is 3. The highest BCUT2D eigenvalue weighted by atomic mass is 15.3. The molecule has 0 aliphatic carbocycles. The Balaban J connectivity index is 1.00. The summed E-state index contributed by atoms with van der Waals surface area (Å²) in [5.74, 6) is 0. The second kappa shape index (κ2) is 15.0. The van der Waals surface area contributed by atoms with E-state index in [0.29, 0.717) is 0 Å². The van der Waals surface area contributed by atoms with Gasteiger partial charge >= 0.3 is 0 Å². The Morgan fingerprint density at radius 2 is 0.800 bits per heavy atom. The molecule has 0 fully saturated rings. The number of para-hydroxylation sites is 1. The van der Waals surface area contributed by atoms with Crippen LogP contribution in [0.1, 0.15) is 0 Å². The van der Waals surface area contributed by atoms with E-state index in [4.69, 9.17) is 15.1 Å². The third-order valence-corrected chi connectivity index (χ3v) is 13.0. The van der Waals surface area contributed by atoms with Gasteiger partial charge in [0.1, 0.15) is 5.69 Å². The van der Waals surface area contributed by atoms with Crippen LogP contribution in [-0.4, -0.2) is 19.7 Å². The highest BCUT2D eigenvalue weighted by Gasteiger charge is 2.23. The van der Waals surface area contributed by atoms with Gasteiger partial charge in [-0.2, -0.15) is 5.10 Å². The van der Waals surface area contributed by atoms with Crippen molar-refractivity contribution < 1.29 is 0 Å². The lowest BCUT2D eigenvalue weighted by atomic mass is 9.86. The minimum atomic E-state index is 0.899. The van der Waals surface area contributed by atoms with Gasteiger partial charge in [0.25, 0.3) is 0 Å². The van der Waals surface area contributed by atoms with Crippen LogP contribution in [0.25, 0.3) is 127 Å². The lowest BCUT2D eigenvalue weighted by molar-refractivity contribution is 0.918. The molecule has 0 spiro atoms. The zero-order valence-corrected chi connectivity index (χ0v) is 35.2. The first-order chi connectivity index (χ1) is 32.2. The molecule has 0 aliphatic heterocycles. The van der Waals surface area contributed by atoms with Crippen LogP contribution in [0.4, 0.5) is 0 Å². The summed E-state index contributed by atoms with van der Waals surface area (Å²) in [6.07, 6.45) is 0. The van der Waals surface area contributed by atoms with Crippen LogP contribution in [-0.2, 0) is 0 Å². The van der Waals surface area contributed by atoms with Crippen LogP contribution in [0.5, 0.6) is 0 Å². The van der Waals surface area contributed by atoms with Crippen molar-refractivity contribution in [1.29, 1.82) is 0 Å². The van der Waals surface area contributed by atoms with E-state index in [2.05, 4.69) is 229 Å². The number of benzene rings is 10. The van der Waals surface area contributed by atoms with Crippen LogP contribution < -0.4 is 0 Å². The fourth-order valence-electron chi connectivity index (χ4n) is 9.98. The zero-order valence-electron chi connectivity index (χ0n) is 35.2. The summed E-state index contributed by atoms with van der Waals surface area (Å²) in [6, 6.07) is 82.1. The van der Waals surface area contributed by atoms with Crippen molar-refractivity contribution in [1.82, 2.24) is 19.7 Å². The fourth-order valence-corrected chi connectivity index (χ4v) is 9.98. The van der Waals surface area contributed by atoms with Crippen molar-refractivity contribution in [2.45, 2.75) is 0 Å². The molecule has 302 valence electrons. The van der Waals surface area contributed by atoms with Crippen LogP contribution in [0.2, 0.25) is 0 Å². The van der Waals surface area contributed by atoms with Gasteiger partial charge in [-0.1, -0.05) is 200 Å². The van der Waals surface area contributed by atoms with E-state index < -0.39 is 0 Å². The lowest BCUT2D eigenvalue weighted by Crippen LogP contribution is -1.96. The van der Waals surface area contributed by atoms with Crippen molar-refractivity contribution in [3.8, 4) is 61.7 Å². The molecule has 0 saturated carbocycles. The summed E-state index contributed by atoms with van der Waals surface area (Å²) in [5, 5.41) is 15.8. The number of fused-ring (bicyclic) bond motifs is 8. The molecule has 13 rings (SSSR count). The molecule has 0 radical (unpaired) electrons. The maximum absolute atomic E-state index is 5.48. The number of aromatic nitrogens is 4. The summed E-state index contributed by atoms with van der Waals surface area (Å²) in [7, 11) is 0. The van der Waals surface area contributed by atoms with E-state index in [1.54, 1.807) is 0 Å². The maximum atomic E-state index is 5.48. The molecule has 3 aromatic heterocycles. The van der Waals surface area contributed by atoms with Crippen LogP contribution in [0, 0.1) is 0 Å². The molecule has 0 saturated heterocycles. The Morgan fingerprint density at radius 3 is 1.43 bits per heavy atom. The van der Waals surface area contributed by atoms with Crippen molar-refractivity contribution >= 4 is 65.0 Å². The summed E-state index contributed by atoms with van der Waals surface area (Å²) in [5.41, 5.74) is 14.7. The average Bonchev–Trinajstić information content (AvgIpc) is 3.79. The van der Waals surface area contributed by atoms with E-state index in [1.807, 2.05) is 6.07 Å². The summed E-state index contributed by atoms with van der Waals surface area (Å²) in [6.45, 7) is 0. The third kappa shape index (κ3) is 6.03. The van der Waals surface area contributed by atoms with Gasteiger partial charge in [-0.15, -0.1) is 0 Å². The van der Waals surface area contributed by atoms with E-state index >= 15 is 0 Å². The maximum Gasteiger partial charge on any atom is 0.101 e. The van der Waals surface area contributed by atoms with Crippen molar-refractivity contribution in [2.24, 2.45) is 0 Å². The third-order valence-electron chi connectivity index (χ3n) is 13.0. The lowest BCUT2D eigenvalue weighted by Gasteiger charge is -2.18. The van der Waals surface area contributed by atoms with Gasteiger partial charge in [0, 0.05) is 38.2 Å². The molecule has 4 heteroatoms. The van der Waals surface area contributed by atoms with Gasteiger partial charge in [0.05, 0.1) is 33.6 Å². The van der Waals surface area contributed by atoms with E-state index in [9.17, 15) is 0 Å². The number of pyridine rings is 2. The van der Waals surface area contributed by atoms with Crippen LogP contribution in [0.3, 0.4) is 0 Å². The molecular formula is C61H38N4. The topological polar surface area (TPSA) is 43.6 Å². The van der Waals surface area contributed by atoms with Gasteiger partial charge < -0.3 is 0 Å². The minimum Gasteiger partial charge on any atom is -0.245 e. The first-order valence-corrected chi connectivity index (χ1v) is 22.1. The average molecular weight is 827 g/mol. The second-order valence-corrected chi connectivity index (χ2v) is 16.7. The van der Waals surface area contributed by atoms with Gasteiger partial charge in [-0.05, 0) is 79.5 Å². The van der Waals surface area contributed by atoms with Crippen LogP contribution in [0.15, 0.2) is 231 Å². The molecule has 0 atom stereocenters. The Kier molecular flexibility index (Phi) is 8.50. The van der Waals surface area contributed by atoms with E-state index in [-0.39, 0.29) is 0 Å². The normalized spacial score (nSPS) is 11.7. The van der Waals surface area contributed by atoms with Gasteiger partial charge in [0.15, 0.2) is 0 Å². The fraction of sp³-hybridized carbons (Fsp3) is 0. The van der Waals surface area contributed by atoms with Gasteiger partial charge in [-0.3, -0.25) is 0 Å². The second-order valence-electron chi connectivity index (χ2n) is 16.7. The molecular weight excluding hydrogens is 789 g/mol. The van der Waals surface area contributed by atoms with Crippen molar-refractivity contribution in [3.05, 3.63) is 231 Å². The molecule has 0 unspecified atom stereocenters. The molecule has 4 nitrogen and oxygen atoms in total. The summed E-state index contributed by atoms with van der Waals surface area (Å²) >= 11 is 0.